The van der Waals surface area contributed by atoms with Crippen molar-refractivity contribution < 1.29 is 8.78 Å². The van der Waals surface area contributed by atoms with Gasteiger partial charge in [-0.1, -0.05) is 12.1 Å². The number of halogens is 2. The van der Waals surface area contributed by atoms with Crippen LogP contribution in [0.25, 0.3) is 0 Å². The second-order valence-electron chi connectivity index (χ2n) is 4.59. The maximum Gasteiger partial charge on any atom is 0.163 e. The van der Waals surface area contributed by atoms with Crippen molar-refractivity contribution in [1.29, 1.82) is 0 Å². The first kappa shape index (κ1) is 13.7. The highest BCUT2D eigenvalue weighted by molar-refractivity contribution is 5.24. The molecule has 0 fully saturated rings. The minimum atomic E-state index is -0.812. The van der Waals surface area contributed by atoms with Crippen LogP contribution in [-0.2, 0) is 20.1 Å². The topological polar surface area (TPSA) is 29.9 Å². The Morgan fingerprint density at radius 3 is 2.58 bits per heavy atom. The van der Waals surface area contributed by atoms with Gasteiger partial charge < -0.3 is 5.32 Å². The molecular formula is C14H17F2N3. The first-order chi connectivity index (χ1) is 9.00. The van der Waals surface area contributed by atoms with Crippen LogP contribution in [-0.4, -0.2) is 9.78 Å². The number of nitrogens with zero attached hydrogens (tertiary/aromatic N) is 2. The molecule has 0 unspecified atom stereocenters. The summed E-state index contributed by atoms with van der Waals surface area (Å²) in [5, 5.41) is 7.43. The van der Waals surface area contributed by atoms with E-state index < -0.39 is 11.6 Å². The SMILES string of the molecule is Cc1nn(C)c(C)c1CNCc1cccc(F)c1F. The maximum absolute atomic E-state index is 13.5. The molecule has 0 saturated heterocycles. The monoisotopic (exact) mass is 265 g/mol. The minimum absolute atomic E-state index is 0.289. The van der Waals surface area contributed by atoms with Crippen LogP contribution in [0.5, 0.6) is 0 Å². The van der Waals surface area contributed by atoms with E-state index in [-0.39, 0.29) is 6.54 Å². The fourth-order valence-corrected chi connectivity index (χ4v) is 2.08. The molecule has 102 valence electrons. The third-order valence-electron chi connectivity index (χ3n) is 3.31. The van der Waals surface area contributed by atoms with E-state index in [2.05, 4.69) is 10.4 Å². The normalized spacial score (nSPS) is 11.0. The summed E-state index contributed by atoms with van der Waals surface area (Å²) in [5.74, 6) is -1.59. The first-order valence-corrected chi connectivity index (χ1v) is 6.13. The predicted octanol–water partition coefficient (Wildman–Crippen LogP) is 2.60. The van der Waals surface area contributed by atoms with Gasteiger partial charge in [0.05, 0.1) is 5.69 Å². The number of benzene rings is 1. The molecule has 1 aromatic carbocycles. The largest absolute Gasteiger partial charge is 0.308 e. The van der Waals surface area contributed by atoms with Gasteiger partial charge in [0, 0.05) is 37.0 Å². The van der Waals surface area contributed by atoms with Crippen LogP contribution in [0.3, 0.4) is 0 Å². The molecule has 0 spiro atoms. The highest BCUT2D eigenvalue weighted by Gasteiger charge is 2.10. The molecule has 0 amide bonds. The molecule has 2 aromatic rings. The molecule has 1 N–H and O–H groups in total. The lowest BCUT2D eigenvalue weighted by Crippen LogP contribution is -2.15. The van der Waals surface area contributed by atoms with E-state index >= 15 is 0 Å². The number of aromatic nitrogens is 2. The highest BCUT2D eigenvalue weighted by Crippen LogP contribution is 2.13. The van der Waals surface area contributed by atoms with Gasteiger partial charge in [-0.05, 0) is 19.9 Å². The van der Waals surface area contributed by atoms with Crippen molar-refractivity contribution >= 4 is 0 Å². The van der Waals surface area contributed by atoms with Crippen molar-refractivity contribution in [2.45, 2.75) is 26.9 Å². The highest BCUT2D eigenvalue weighted by atomic mass is 19.2. The fourth-order valence-electron chi connectivity index (χ4n) is 2.08. The van der Waals surface area contributed by atoms with Crippen LogP contribution in [0.4, 0.5) is 8.78 Å². The van der Waals surface area contributed by atoms with Crippen molar-refractivity contribution in [2.75, 3.05) is 0 Å². The average molecular weight is 265 g/mol. The summed E-state index contributed by atoms with van der Waals surface area (Å²) < 4.78 is 28.3. The first-order valence-electron chi connectivity index (χ1n) is 6.13. The molecule has 0 radical (unpaired) electrons. The van der Waals surface area contributed by atoms with Crippen molar-refractivity contribution in [3.05, 3.63) is 52.3 Å². The Labute approximate surface area is 111 Å². The van der Waals surface area contributed by atoms with E-state index in [4.69, 9.17) is 0 Å². The van der Waals surface area contributed by atoms with E-state index in [1.54, 1.807) is 6.07 Å². The number of rotatable bonds is 4. The van der Waals surface area contributed by atoms with Gasteiger partial charge in [-0.25, -0.2) is 8.78 Å². The lowest BCUT2D eigenvalue weighted by atomic mass is 10.1. The minimum Gasteiger partial charge on any atom is -0.308 e. The van der Waals surface area contributed by atoms with Gasteiger partial charge >= 0.3 is 0 Å². The Morgan fingerprint density at radius 2 is 1.95 bits per heavy atom. The summed E-state index contributed by atoms with van der Waals surface area (Å²) >= 11 is 0. The van der Waals surface area contributed by atoms with E-state index in [0.29, 0.717) is 12.1 Å². The van der Waals surface area contributed by atoms with Crippen molar-refractivity contribution in [3.63, 3.8) is 0 Å². The van der Waals surface area contributed by atoms with Crippen LogP contribution in [0.15, 0.2) is 18.2 Å². The average Bonchev–Trinajstić information content (AvgIpc) is 2.61. The summed E-state index contributed by atoms with van der Waals surface area (Å²) in [5.41, 5.74) is 3.45. The van der Waals surface area contributed by atoms with Gasteiger partial charge in [-0.3, -0.25) is 4.68 Å². The van der Waals surface area contributed by atoms with Crippen LogP contribution in [0, 0.1) is 25.5 Å². The van der Waals surface area contributed by atoms with Crippen LogP contribution < -0.4 is 5.32 Å². The van der Waals surface area contributed by atoms with Crippen molar-refractivity contribution in [1.82, 2.24) is 15.1 Å². The molecule has 0 aliphatic carbocycles. The second-order valence-corrected chi connectivity index (χ2v) is 4.59. The van der Waals surface area contributed by atoms with E-state index in [9.17, 15) is 8.78 Å². The van der Waals surface area contributed by atoms with Gasteiger partial charge in [0.1, 0.15) is 0 Å². The molecule has 0 saturated carbocycles. The zero-order valence-electron chi connectivity index (χ0n) is 11.3. The Hall–Kier alpha value is -1.75. The van der Waals surface area contributed by atoms with Crippen molar-refractivity contribution in [2.24, 2.45) is 7.05 Å². The smallest absolute Gasteiger partial charge is 0.163 e. The second kappa shape index (κ2) is 5.48. The van der Waals surface area contributed by atoms with Crippen molar-refractivity contribution in [3.8, 4) is 0 Å². The van der Waals surface area contributed by atoms with Gasteiger partial charge in [0.25, 0.3) is 0 Å². The van der Waals surface area contributed by atoms with E-state index in [1.165, 1.54) is 6.07 Å². The molecular weight excluding hydrogens is 248 g/mol. The van der Waals surface area contributed by atoms with E-state index in [1.807, 2.05) is 25.6 Å². The summed E-state index contributed by atoms with van der Waals surface area (Å²) in [6.07, 6.45) is 0. The lowest BCUT2D eigenvalue weighted by molar-refractivity contribution is 0.492. The summed E-state index contributed by atoms with van der Waals surface area (Å²) in [7, 11) is 1.89. The Kier molecular flexibility index (Phi) is 3.95. The number of hydrogen-bond donors (Lipinski definition) is 1. The standard InChI is InChI=1S/C14H17F2N3/c1-9-12(10(2)19(3)18-9)8-17-7-11-5-4-6-13(15)14(11)16/h4-6,17H,7-8H2,1-3H3. The number of nitrogens with one attached hydrogen (secondary N) is 1. The van der Waals surface area contributed by atoms with Gasteiger partial charge in [-0.2, -0.15) is 5.10 Å². The molecule has 0 atom stereocenters. The molecule has 0 aliphatic heterocycles. The van der Waals surface area contributed by atoms with E-state index in [0.717, 1.165) is 23.0 Å². The Bertz CT molecular complexity index is 591. The van der Waals surface area contributed by atoms with Crippen LogP contribution in [0.1, 0.15) is 22.5 Å². The zero-order valence-corrected chi connectivity index (χ0v) is 11.3. The predicted molar refractivity (Wildman–Crippen MR) is 69.6 cm³/mol. The fraction of sp³-hybridized carbons (Fsp3) is 0.357. The Balaban J connectivity index is 2.02. The maximum atomic E-state index is 13.5. The quantitative estimate of drug-likeness (QED) is 0.921. The third kappa shape index (κ3) is 2.81. The summed E-state index contributed by atoms with van der Waals surface area (Å²) in [4.78, 5) is 0. The van der Waals surface area contributed by atoms with Gasteiger partial charge in [0.2, 0.25) is 0 Å². The molecule has 3 nitrogen and oxygen atoms in total. The molecule has 19 heavy (non-hydrogen) atoms. The lowest BCUT2D eigenvalue weighted by Gasteiger charge is -2.07. The van der Waals surface area contributed by atoms with Gasteiger partial charge in [-0.15, -0.1) is 0 Å². The molecule has 0 aliphatic rings. The zero-order chi connectivity index (χ0) is 14.0. The number of aryl methyl sites for hydroxylation is 2. The molecule has 1 heterocycles. The summed E-state index contributed by atoms with van der Waals surface area (Å²) in [6.45, 7) is 4.80. The molecule has 5 heteroatoms. The Morgan fingerprint density at radius 1 is 1.21 bits per heavy atom. The van der Waals surface area contributed by atoms with Crippen LogP contribution in [0.2, 0.25) is 0 Å². The molecule has 1 aromatic heterocycles. The molecule has 2 rings (SSSR count). The van der Waals surface area contributed by atoms with Gasteiger partial charge in [0.15, 0.2) is 11.6 Å². The molecule has 0 bridgehead atoms. The summed E-state index contributed by atoms with van der Waals surface area (Å²) in [6, 6.07) is 4.21. The third-order valence-corrected chi connectivity index (χ3v) is 3.31. The van der Waals surface area contributed by atoms with Crippen LogP contribution >= 0.6 is 0 Å². The number of hydrogen-bond acceptors (Lipinski definition) is 2.